The third-order valence-corrected chi connectivity index (χ3v) is 2.12. The molecule has 0 aliphatic rings. The Labute approximate surface area is 104 Å². The topological polar surface area (TPSA) is 26.3 Å². The summed E-state index contributed by atoms with van der Waals surface area (Å²) in [5.41, 5.74) is -3.10. The molecule has 0 unspecified atom stereocenters. The third kappa shape index (κ3) is 3.87. The summed E-state index contributed by atoms with van der Waals surface area (Å²) in [5, 5.41) is 0. The van der Waals surface area contributed by atoms with E-state index in [4.69, 9.17) is 0 Å². The van der Waals surface area contributed by atoms with Crippen molar-refractivity contribution in [3.8, 4) is 5.75 Å². The molecule has 0 aliphatic carbocycles. The average Bonchev–Trinajstić information content (AvgIpc) is 2.26. The zero-order chi connectivity index (χ0) is 14.8. The van der Waals surface area contributed by atoms with Crippen LogP contribution < -0.4 is 4.74 Å². The van der Waals surface area contributed by atoms with Crippen LogP contribution in [0.1, 0.15) is 24.5 Å². The molecule has 0 saturated heterocycles. The summed E-state index contributed by atoms with van der Waals surface area (Å²) in [6, 6.07) is 0.824. The van der Waals surface area contributed by atoms with Gasteiger partial charge in [0, 0.05) is 6.42 Å². The zero-order valence-corrected chi connectivity index (χ0v) is 9.52. The Morgan fingerprint density at radius 2 is 1.68 bits per heavy atom. The van der Waals surface area contributed by atoms with Crippen LogP contribution in [0.5, 0.6) is 5.75 Å². The molecule has 0 radical (unpaired) electrons. The summed E-state index contributed by atoms with van der Waals surface area (Å²) in [5.74, 6) is -1.90. The number of benzene rings is 1. The van der Waals surface area contributed by atoms with Gasteiger partial charge >= 0.3 is 18.3 Å². The van der Waals surface area contributed by atoms with E-state index in [1.807, 2.05) is 0 Å². The summed E-state index contributed by atoms with van der Waals surface area (Å²) < 4.78 is 79.2. The Morgan fingerprint density at radius 1 is 1.11 bits per heavy atom. The van der Waals surface area contributed by atoms with Crippen LogP contribution in [0.3, 0.4) is 0 Å². The first-order chi connectivity index (χ1) is 8.55. The summed E-state index contributed by atoms with van der Waals surface area (Å²) in [7, 11) is 0. The second-order valence-electron chi connectivity index (χ2n) is 3.53. The van der Waals surface area contributed by atoms with Gasteiger partial charge in [-0.25, -0.2) is 0 Å². The maximum atomic E-state index is 12.6. The van der Waals surface area contributed by atoms with Gasteiger partial charge in [-0.05, 0) is 18.2 Å². The van der Waals surface area contributed by atoms with Crippen molar-refractivity contribution in [3.63, 3.8) is 0 Å². The molecule has 0 aliphatic heterocycles. The van der Waals surface area contributed by atoms with Gasteiger partial charge in [-0.3, -0.25) is 4.79 Å². The number of alkyl halides is 6. The first-order valence-corrected chi connectivity index (χ1v) is 5.04. The molecule has 2 nitrogen and oxygen atoms in total. The van der Waals surface area contributed by atoms with Gasteiger partial charge in [-0.2, -0.15) is 26.3 Å². The maximum Gasteiger partial charge on any atom is 0.420 e. The summed E-state index contributed by atoms with van der Waals surface area (Å²) in [4.78, 5) is 10.9. The lowest BCUT2D eigenvalue weighted by atomic mass is 10.1. The molecule has 1 aromatic carbocycles. The van der Waals surface area contributed by atoms with Crippen LogP contribution in [0.4, 0.5) is 26.3 Å². The number of carbonyl (C=O) groups is 1. The minimum Gasteiger partial charge on any atom is -0.426 e. The molecular formula is C11H8F6O2. The Balaban J connectivity index is 3.29. The second kappa shape index (κ2) is 5.10. The molecule has 0 spiro atoms. The molecule has 8 heteroatoms. The van der Waals surface area contributed by atoms with Crippen LogP contribution in [0.25, 0.3) is 0 Å². The standard InChI is InChI=1S/C11H8F6O2/c1-2-9(18)19-8-4-3-6(10(12,13)14)5-7(8)11(15,16)17/h3-5H,2H2,1H3. The molecule has 0 amide bonds. The molecule has 0 heterocycles. The SMILES string of the molecule is CCC(=O)Oc1ccc(C(F)(F)F)cc1C(F)(F)F. The fourth-order valence-corrected chi connectivity index (χ4v) is 1.21. The molecule has 0 saturated carbocycles. The van der Waals surface area contributed by atoms with Gasteiger partial charge in [0.1, 0.15) is 5.75 Å². The number of ether oxygens (including phenoxy) is 1. The number of rotatable bonds is 2. The van der Waals surface area contributed by atoms with Crippen molar-refractivity contribution in [2.75, 3.05) is 0 Å². The van der Waals surface area contributed by atoms with Crippen molar-refractivity contribution in [1.29, 1.82) is 0 Å². The van der Waals surface area contributed by atoms with E-state index in [1.165, 1.54) is 6.92 Å². The van der Waals surface area contributed by atoms with Crippen LogP contribution in [0.15, 0.2) is 18.2 Å². The van der Waals surface area contributed by atoms with Crippen molar-refractivity contribution in [1.82, 2.24) is 0 Å². The lowest BCUT2D eigenvalue weighted by Gasteiger charge is -2.15. The minimum absolute atomic E-state index is 0.0850. The van der Waals surface area contributed by atoms with E-state index < -0.39 is 35.2 Å². The lowest BCUT2D eigenvalue weighted by Crippen LogP contribution is -2.15. The second-order valence-corrected chi connectivity index (χ2v) is 3.53. The van der Waals surface area contributed by atoms with E-state index in [-0.39, 0.29) is 12.5 Å². The van der Waals surface area contributed by atoms with Gasteiger partial charge in [-0.1, -0.05) is 6.92 Å². The van der Waals surface area contributed by atoms with Crippen molar-refractivity contribution < 1.29 is 35.9 Å². The molecule has 0 N–H and O–H groups in total. The Bertz CT molecular complexity index is 475. The van der Waals surface area contributed by atoms with Crippen LogP contribution >= 0.6 is 0 Å². The highest BCUT2D eigenvalue weighted by Gasteiger charge is 2.39. The quantitative estimate of drug-likeness (QED) is 0.466. The maximum absolute atomic E-state index is 12.6. The first kappa shape index (κ1) is 15.3. The molecular weight excluding hydrogens is 278 g/mol. The lowest BCUT2D eigenvalue weighted by molar-refractivity contribution is -0.145. The smallest absolute Gasteiger partial charge is 0.420 e. The average molecular weight is 286 g/mol. The molecule has 1 rings (SSSR count). The van der Waals surface area contributed by atoms with Gasteiger partial charge in [0.2, 0.25) is 0 Å². The van der Waals surface area contributed by atoms with E-state index in [0.717, 1.165) is 0 Å². The van der Waals surface area contributed by atoms with E-state index in [0.29, 0.717) is 12.1 Å². The highest BCUT2D eigenvalue weighted by Crippen LogP contribution is 2.40. The van der Waals surface area contributed by atoms with Crippen LogP contribution in [-0.2, 0) is 17.1 Å². The summed E-state index contributed by atoms with van der Waals surface area (Å²) in [6.07, 6.45) is -10.2. The molecule has 0 bridgehead atoms. The van der Waals surface area contributed by atoms with Gasteiger partial charge in [0.15, 0.2) is 0 Å². The van der Waals surface area contributed by atoms with E-state index in [2.05, 4.69) is 4.74 Å². The number of hydrogen-bond donors (Lipinski definition) is 0. The summed E-state index contributed by atoms with van der Waals surface area (Å²) >= 11 is 0. The minimum atomic E-state index is -5.05. The fourth-order valence-electron chi connectivity index (χ4n) is 1.21. The Morgan fingerprint density at radius 3 is 2.11 bits per heavy atom. The van der Waals surface area contributed by atoms with Crippen molar-refractivity contribution in [3.05, 3.63) is 29.3 Å². The third-order valence-electron chi connectivity index (χ3n) is 2.12. The Hall–Kier alpha value is -1.73. The molecule has 0 fully saturated rings. The van der Waals surface area contributed by atoms with Crippen molar-refractivity contribution >= 4 is 5.97 Å². The first-order valence-electron chi connectivity index (χ1n) is 5.04. The van der Waals surface area contributed by atoms with Crippen LogP contribution in [-0.4, -0.2) is 5.97 Å². The number of halogens is 6. The summed E-state index contributed by atoms with van der Waals surface area (Å²) in [6.45, 7) is 1.35. The monoisotopic (exact) mass is 286 g/mol. The molecule has 19 heavy (non-hydrogen) atoms. The van der Waals surface area contributed by atoms with Gasteiger partial charge in [0.25, 0.3) is 0 Å². The predicted molar refractivity (Wildman–Crippen MR) is 52.4 cm³/mol. The number of hydrogen-bond acceptors (Lipinski definition) is 2. The van der Waals surface area contributed by atoms with Crippen LogP contribution in [0.2, 0.25) is 0 Å². The van der Waals surface area contributed by atoms with Gasteiger partial charge in [-0.15, -0.1) is 0 Å². The van der Waals surface area contributed by atoms with Crippen molar-refractivity contribution in [2.24, 2.45) is 0 Å². The van der Waals surface area contributed by atoms with Gasteiger partial charge < -0.3 is 4.74 Å². The van der Waals surface area contributed by atoms with Crippen molar-refractivity contribution in [2.45, 2.75) is 25.7 Å². The zero-order valence-electron chi connectivity index (χ0n) is 9.52. The highest BCUT2D eigenvalue weighted by molar-refractivity contribution is 5.72. The molecule has 0 atom stereocenters. The van der Waals surface area contributed by atoms with Crippen LogP contribution in [0, 0.1) is 0 Å². The van der Waals surface area contributed by atoms with Gasteiger partial charge in [0.05, 0.1) is 11.1 Å². The molecule has 0 aromatic heterocycles. The molecule has 1 aromatic rings. The normalized spacial score (nSPS) is 12.4. The van der Waals surface area contributed by atoms with E-state index in [1.54, 1.807) is 0 Å². The fraction of sp³-hybridized carbons (Fsp3) is 0.364. The highest BCUT2D eigenvalue weighted by atomic mass is 19.4. The number of esters is 1. The molecule has 106 valence electrons. The largest absolute Gasteiger partial charge is 0.426 e. The predicted octanol–water partition coefficient (Wildman–Crippen LogP) is 4.04. The van der Waals surface area contributed by atoms with E-state index in [9.17, 15) is 31.1 Å². The van der Waals surface area contributed by atoms with E-state index >= 15 is 0 Å². The number of carbonyl (C=O) groups excluding carboxylic acids is 1. The Kier molecular flexibility index (Phi) is 4.12.